The lowest BCUT2D eigenvalue weighted by molar-refractivity contribution is -0.139. The molecule has 0 unspecified atom stereocenters. The number of hydrogen-bond acceptors (Lipinski definition) is 4. The molecule has 15 heavy (non-hydrogen) atoms. The predicted molar refractivity (Wildman–Crippen MR) is 61.4 cm³/mol. The van der Waals surface area contributed by atoms with Gasteiger partial charge in [-0.25, -0.2) is 0 Å². The van der Waals surface area contributed by atoms with Gasteiger partial charge in [0.1, 0.15) is 0 Å². The molecule has 1 aromatic carbocycles. The first-order valence-electron chi connectivity index (χ1n) is 4.86. The molecule has 1 aliphatic heterocycles. The summed E-state index contributed by atoms with van der Waals surface area (Å²) in [6.07, 6.45) is 0.352. The van der Waals surface area contributed by atoms with Gasteiger partial charge < -0.3 is 10.1 Å². The van der Waals surface area contributed by atoms with Gasteiger partial charge in [-0.05, 0) is 17.7 Å². The van der Waals surface area contributed by atoms with Gasteiger partial charge in [-0.3, -0.25) is 4.79 Å². The van der Waals surface area contributed by atoms with Crippen molar-refractivity contribution in [2.75, 3.05) is 24.7 Å². The highest BCUT2D eigenvalue weighted by atomic mass is 32.2. The van der Waals surface area contributed by atoms with Crippen molar-refractivity contribution in [3.8, 4) is 0 Å². The van der Waals surface area contributed by atoms with E-state index in [9.17, 15) is 4.79 Å². The van der Waals surface area contributed by atoms with Crippen molar-refractivity contribution in [1.29, 1.82) is 0 Å². The molecule has 1 heterocycles. The van der Waals surface area contributed by atoms with Crippen molar-refractivity contribution in [3.63, 3.8) is 0 Å². The molecule has 0 aromatic heterocycles. The molecule has 0 aliphatic carbocycles. The number of anilines is 1. The zero-order valence-corrected chi connectivity index (χ0v) is 9.39. The van der Waals surface area contributed by atoms with Gasteiger partial charge >= 0.3 is 5.97 Å². The van der Waals surface area contributed by atoms with Crippen LogP contribution in [0.25, 0.3) is 0 Å². The highest BCUT2D eigenvalue weighted by Crippen LogP contribution is 2.31. The number of thioether (sulfide) groups is 1. The molecule has 0 amide bonds. The van der Waals surface area contributed by atoms with Crippen LogP contribution in [-0.2, 0) is 16.0 Å². The van der Waals surface area contributed by atoms with E-state index in [4.69, 9.17) is 0 Å². The van der Waals surface area contributed by atoms with Gasteiger partial charge in [0.15, 0.2) is 0 Å². The standard InChI is InChI=1S/C11H13NO2S/c1-14-11(13)7-8-2-3-9-10(6-8)15-5-4-12-9/h2-3,6,12H,4-5,7H2,1H3. The molecule has 1 aromatic rings. The summed E-state index contributed by atoms with van der Waals surface area (Å²) in [5.74, 6) is 0.887. The van der Waals surface area contributed by atoms with Crippen LogP contribution in [0.1, 0.15) is 5.56 Å². The van der Waals surface area contributed by atoms with Crippen molar-refractivity contribution in [3.05, 3.63) is 23.8 Å². The van der Waals surface area contributed by atoms with Gasteiger partial charge in [0, 0.05) is 22.9 Å². The lowest BCUT2D eigenvalue weighted by Gasteiger charge is -2.17. The molecule has 1 N–H and O–H groups in total. The Kier molecular flexibility index (Phi) is 3.16. The summed E-state index contributed by atoms with van der Waals surface area (Å²) in [7, 11) is 1.41. The summed E-state index contributed by atoms with van der Waals surface area (Å²) in [6, 6.07) is 6.05. The monoisotopic (exact) mass is 223 g/mol. The average Bonchev–Trinajstić information content (AvgIpc) is 2.29. The second-order valence-corrected chi connectivity index (χ2v) is 4.50. The Bertz CT molecular complexity index is 379. The Hall–Kier alpha value is -1.16. The molecular weight excluding hydrogens is 210 g/mol. The van der Waals surface area contributed by atoms with E-state index in [-0.39, 0.29) is 5.97 Å². The molecule has 0 fully saturated rings. The normalized spacial score (nSPS) is 13.9. The highest BCUT2D eigenvalue weighted by Gasteiger charge is 2.10. The summed E-state index contributed by atoms with van der Waals surface area (Å²) in [4.78, 5) is 12.3. The van der Waals surface area contributed by atoms with Gasteiger partial charge in [-0.15, -0.1) is 11.8 Å². The fraction of sp³-hybridized carbons (Fsp3) is 0.364. The molecule has 0 spiro atoms. The predicted octanol–water partition coefficient (Wildman–Crippen LogP) is 1.92. The molecular formula is C11H13NO2S. The van der Waals surface area contributed by atoms with Crippen LogP contribution in [0.5, 0.6) is 0 Å². The van der Waals surface area contributed by atoms with Gasteiger partial charge in [0.2, 0.25) is 0 Å². The van der Waals surface area contributed by atoms with Gasteiger partial charge in [0.05, 0.1) is 13.5 Å². The number of esters is 1. The minimum absolute atomic E-state index is 0.191. The topological polar surface area (TPSA) is 38.3 Å². The van der Waals surface area contributed by atoms with Crippen LogP contribution in [0.4, 0.5) is 5.69 Å². The Morgan fingerprint density at radius 1 is 1.60 bits per heavy atom. The first kappa shape index (κ1) is 10.4. The summed E-state index contributed by atoms with van der Waals surface area (Å²) < 4.78 is 4.64. The lowest BCUT2D eigenvalue weighted by atomic mass is 10.1. The lowest BCUT2D eigenvalue weighted by Crippen LogP contribution is -2.11. The van der Waals surface area contributed by atoms with Crippen LogP contribution in [0.2, 0.25) is 0 Å². The van der Waals surface area contributed by atoms with Gasteiger partial charge in [0.25, 0.3) is 0 Å². The van der Waals surface area contributed by atoms with Crippen molar-refractivity contribution in [2.24, 2.45) is 0 Å². The number of carbonyl (C=O) groups excluding carboxylic acids is 1. The Morgan fingerprint density at radius 2 is 2.47 bits per heavy atom. The summed E-state index contributed by atoms with van der Waals surface area (Å²) >= 11 is 1.82. The molecule has 1 aliphatic rings. The third-order valence-electron chi connectivity index (χ3n) is 2.30. The molecule has 0 saturated carbocycles. The SMILES string of the molecule is COC(=O)Cc1ccc2c(c1)SCCN2. The molecule has 0 radical (unpaired) electrons. The minimum atomic E-state index is -0.191. The second kappa shape index (κ2) is 4.57. The molecule has 0 saturated heterocycles. The number of hydrogen-bond donors (Lipinski definition) is 1. The fourth-order valence-corrected chi connectivity index (χ4v) is 2.48. The number of methoxy groups -OCH3 is 1. The van der Waals surface area contributed by atoms with E-state index in [0.717, 1.165) is 17.9 Å². The number of benzene rings is 1. The van der Waals surface area contributed by atoms with E-state index in [1.54, 1.807) is 0 Å². The maximum absolute atomic E-state index is 11.1. The van der Waals surface area contributed by atoms with Crippen LogP contribution in [0.15, 0.2) is 23.1 Å². The van der Waals surface area contributed by atoms with E-state index >= 15 is 0 Å². The quantitative estimate of drug-likeness (QED) is 0.777. The van der Waals surface area contributed by atoms with E-state index in [0.29, 0.717) is 6.42 Å². The summed E-state index contributed by atoms with van der Waals surface area (Å²) in [6.45, 7) is 1.01. The zero-order chi connectivity index (χ0) is 10.7. The van der Waals surface area contributed by atoms with Gasteiger partial charge in [-0.2, -0.15) is 0 Å². The molecule has 3 nitrogen and oxygen atoms in total. The van der Waals surface area contributed by atoms with Crippen molar-refractivity contribution in [2.45, 2.75) is 11.3 Å². The average molecular weight is 223 g/mol. The summed E-state index contributed by atoms with van der Waals surface area (Å²) in [5.41, 5.74) is 2.18. The Labute approximate surface area is 93.2 Å². The highest BCUT2D eigenvalue weighted by molar-refractivity contribution is 7.99. The fourth-order valence-electron chi connectivity index (χ4n) is 1.53. The minimum Gasteiger partial charge on any atom is -0.469 e. The van der Waals surface area contributed by atoms with Crippen molar-refractivity contribution >= 4 is 23.4 Å². The van der Waals surface area contributed by atoms with E-state index in [1.165, 1.54) is 17.7 Å². The van der Waals surface area contributed by atoms with Crippen LogP contribution in [-0.4, -0.2) is 25.4 Å². The number of fused-ring (bicyclic) bond motifs is 1. The van der Waals surface area contributed by atoms with Gasteiger partial charge in [-0.1, -0.05) is 6.07 Å². The molecule has 0 bridgehead atoms. The molecule has 4 heteroatoms. The number of nitrogens with one attached hydrogen (secondary N) is 1. The van der Waals surface area contributed by atoms with E-state index < -0.39 is 0 Å². The van der Waals surface area contributed by atoms with Crippen molar-refractivity contribution < 1.29 is 9.53 Å². The Morgan fingerprint density at radius 3 is 3.27 bits per heavy atom. The first-order valence-corrected chi connectivity index (χ1v) is 5.84. The van der Waals surface area contributed by atoms with Crippen LogP contribution in [0, 0.1) is 0 Å². The largest absolute Gasteiger partial charge is 0.469 e. The summed E-state index contributed by atoms with van der Waals surface area (Å²) in [5, 5.41) is 3.32. The molecule has 2 rings (SSSR count). The molecule has 0 atom stereocenters. The zero-order valence-electron chi connectivity index (χ0n) is 8.58. The van der Waals surface area contributed by atoms with Crippen LogP contribution in [0.3, 0.4) is 0 Å². The van der Waals surface area contributed by atoms with E-state index in [2.05, 4.69) is 16.1 Å². The van der Waals surface area contributed by atoms with Crippen LogP contribution < -0.4 is 5.32 Å². The maximum atomic E-state index is 11.1. The first-order chi connectivity index (χ1) is 7.29. The third-order valence-corrected chi connectivity index (χ3v) is 3.35. The van der Waals surface area contributed by atoms with Crippen LogP contribution >= 0.6 is 11.8 Å². The Balaban J connectivity index is 2.17. The van der Waals surface area contributed by atoms with Crippen molar-refractivity contribution in [1.82, 2.24) is 0 Å². The number of ether oxygens (including phenoxy) is 1. The maximum Gasteiger partial charge on any atom is 0.309 e. The third kappa shape index (κ3) is 2.45. The smallest absolute Gasteiger partial charge is 0.309 e. The molecule has 80 valence electrons. The van der Waals surface area contributed by atoms with E-state index in [1.807, 2.05) is 23.9 Å². The number of carbonyl (C=O) groups is 1. The second-order valence-electron chi connectivity index (χ2n) is 3.36. The number of rotatable bonds is 2.